The first-order valence-electron chi connectivity index (χ1n) is 9.23. The summed E-state index contributed by atoms with van der Waals surface area (Å²) in [4.78, 5) is 13.6. The van der Waals surface area contributed by atoms with E-state index < -0.39 is 24.1 Å². The summed E-state index contributed by atoms with van der Waals surface area (Å²) >= 11 is 1.76. The van der Waals surface area contributed by atoms with Crippen LogP contribution in [-0.2, 0) is 9.53 Å². The van der Waals surface area contributed by atoms with Gasteiger partial charge in [-0.1, -0.05) is 0 Å². The maximum atomic E-state index is 13.0. The van der Waals surface area contributed by atoms with Crippen LogP contribution in [-0.4, -0.2) is 71.7 Å². The number of nitrogens with zero attached hydrogens (tertiary/aromatic N) is 1. The molecule has 2 N–H and O–H groups in total. The summed E-state index contributed by atoms with van der Waals surface area (Å²) < 4.78 is 44.3. The van der Waals surface area contributed by atoms with E-state index in [1.165, 1.54) is 4.90 Å². The van der Waals surface area contributed by atoms with E-state index in [9.17, 15) is 23.1 Å². The molecular formula is C17H27F3N2O3S. The van der Waals surface area contributed by atoms with Crippen LogP contribution in [0.4, 0.5) is 13.2 Å². The molecule has 2 heterocycles. The Bertz CT molecular complexity index is 508. The molecule has 5 nitrogen and oxygen atoms in total. The number of halogens is 3. The highest BCUT2D eigenvalue weighted by atomic mass is 32.2. The number of carbonyl (C=O) groups is 1. The Morgan fingerprint density at radius 2 is 2.12 bits per heavy atom. The standard InChI is InChI=1S/C17H27F3N2O3S/c1-25-14-7-10(4-5-13(14)23)15-21-11(9-26-15)8-22-6-2-3-12(16(22)24)17(18,19)20/h10-15,21,23H,2-9H2,1H3. The summed E-state index contributed by atoms with van der Waals surface area (Å²) in [6.07, 6.45) is -2.37. The van der Waals surface area contributed by atoms with Crippen LogP contribution in [0.1, 0.15) is 32.1 Å². The number of rotatable bonds is 4. The van der Waals surface area contributed by atoms with Gasteiger partial charge in [-0.15, -0.1) is 11.8 Å². The largest absolute Gasteiger partial charge is 0.400 e. The fourth-order valence-electron chi connectivity index (χ4n) is 4.29. The van der Waals surface area contributed by atoms with E-state index in [4.69, 9.17) is 4.74 Å². The van der Waals surface area contributed by atoms with Gasteiger partial charge in [-0.25, -0.2) is 0 Å². The first-order chi connectivity index (χ1) is 12.3. The summed E-state index contributed by atoms with van der Waals surface area (Å²) in [6, 6.07) is 0.00813. The highest BCUT2D eigenvalue weighted by Crippen LogP contribution is 2.37. The van der Waals surface area contributed by atoms with Gasteiger partial charge in [-0.3, -0.25) is 10.1 Å². The van der Waals surface area contributed by atoms with Gasteiger partial charge in [-0.05, 0) is 38.0 Å². The van der Waals surface area contributed by atoms with Gasteiger partial charge in [0.25, 0.3) is 0 Å². The van der Waals surface area contributed by atoms with E-state index in [0.717, 1.165) is 18.6 Å². The molecule has 0 aromatic carbocycles. The molecule has 6 atom stereocenters. The van der Waals surface area contributed by atoms with Crippen molar-refractivity contribution in [3.8, 4) is 0 Å². The van der Waals surface area contributed by atoms with E-state index in [1.54, 1.807) is 18.9 Å². The molecule has 2 saturated heterocycles. The van der Waals surface area contributed by atoms with Gasteiger partial charge >= 0.3 is 6.18 Å². The Hall–Kier alpha value is -0.510. The average Bonchev–Trinajstić information content (AvgIpc) is 3.04. The molecule has 1 aliphatic carbocycles. The van der Waals surface area contributed by atoms with Crippen molar-refractivity contribution in [2.24, 2.45) is 11.8 Å². The number of amides is 1. The predicted molar refractivity (Wildman–Crippen MR) is 92.7 cm³/mol. The van der Waals surface area contributed by atoms with E-state index in [2.05, 4.69) is 5.32 Å². The number of carbonyl (C=O) groups excluding carboxylic acids is 1. The first-order valence-corrected chi connectivity index (χ1v) is 10.3. The molecule has 0 spiro atoms. The van der Waals surface area contributed by atoms with E-state index in [0.29, 0.717) is 31.8 Å². The SMILES string of the molecule is COC1CC(C2NC(CN3CCCC(C(F)(F)F)C3=O)CS2)CCC1O. The number of piperidine rings is 1. The Kier molecular flexibility index (Phi) is 6.41. The molecule has 1 amide bonds. The summed E-state index contributed by atoms with van der Waals surface area (Å²) in [6.45, 7) is 0.734. The van der Waals surface area contributed by atoms with E-state index in [1.807, 2.05) is 0 Å². The fourth-order valence-corrected chi connectivity index (χ4v) is 5.74. The molecule has 3 rings (SSSR count). The molecule has 9 heteroatoms. The third-order valence-corrected chi connectivity index (χ3v) is 7.25. The van der Waals surface area contributed by atoms with Gasteiger partial charge in [0.2, 0.25) is 5.91 Å². The first kappa shape index (κ1) is 20.2. The molecule has 26 heavy (non-hydrogen) atoms. The van der Waals surface area contributed by atoms with Crippen molar-refractivity contribution in [1.29, 1.82) is 0 Å². The molecule has 0 bridgehead atoms. The lowest BCUT2D eigenvalue weighted by atomic mass is 9.85. The zero-order valence-electron chi connectivity index (χ0n) is 14.9. The molecule has 0 aromatic rings. The number of likely N-dealkylation sites (tertiary alicyclic amines) is 1. The second-order valence-electron chi connectivity index (χ2n) is 7.55. The minimum absolute atomic E-state index is 0.00813. The second-order valence-corrected chi connectivity index (χ2v) is 8.73. The molecule has 150 valence electrons. The highest BCUT2D eigenvalue weighted by molar-refractivity contribution is 8.00. The lowest BCUT2D eigenvalue weighted by Gasteiger charge is -2.36. The van der Waals surface area contributed by atoms with Crippen LogP contribution in [0.3, 0.4) is 0 Å². The molecule has 1 saturated carbocycles. The molecule has 0 radical (unpaired) electrons. The Labute approximate surface area is 156 Å². The second kappa shape index (κ2) is 8.24. The zero-order valence-corrected chi connectivity index (χ0v) is 15.7. The number of alkyl halides is 3. The van der Waals surface area contributed by atoms with Gasteiger partial charge in [0, 0.05) is 32.0 Å². The third-order valence-electron chi connectivity index (χ3n) is 5.77. The minimum Gasteiger partial charge on any atom is -0.390 e. The van der Waals surface area contributed by atoms with E-state index in [-0.39, 0.29) is 23.9 Å². The quantitative estimate of drug-likeness (QED) is 0.761. The summed E-state index contributed by atoms with van der Waals surface area (Å²) in [5, 5.41) is 13.6. The third kappa shape index (κ3) is 4.48. The van der Waals surface area contributed by atoms with E-state index >= 15 is 0 Å². The topological polar surface area (TPSA) is 61.8 Å². The smallest absolute Gasteiger partial charge is 0.390 e. The van der Waals surface area contributed by atoms with Crippen molar-refractivity contribution in [3.63, 3.8) is 0 Å². The maximum Gasteiger partial charge on any atom is 0.400 e. The Morgan fingerprint density at radius 3 is 2.81 bits per heavy atom. The van der Waals surface area contributed by atoms with Crippen LogP contribution >= 0.6 is 11.8 Å². The number of nitrogens with one attached hydrogen (secondary N) is 1. The highest BCUT2D eigenvalue weighted by Gasteiger charge is 2.48. The van der Waals surface area contributed by atoms with Crippen molar-refractivity contribution >= 4 is 17.7 Å². The molecular weight excluding hydrogens is 369 g/mol. The fraction of sp³-hybridized carbons (Fsp3) is 0.941. The summed E-state index contributed by atoms with van der Waals surface area (Å²) in [5.74, 6) is -1.48. The predicted octanol–water partition coefficient (Wildman–Crippen LogP) is 1.99. The number of methoxy groups -OCH3 is 1. The van der Waals surface area contributed by atoms with Gasteiger partial charge < -0.3 is 14.7 Å². The summed E-state index contributed by atoms with van der Waals surface area (Å²) in [5.41, 5.74) is 0. The van der Waals surface area contributed by atoms with Crippen LogP contribution in [0.15, 0.2) is 0 Å². The number of aliphatic hydroxyl groups is 1. The van der Waals surface area contributed by atoms with Crippen molar-refractivity contribution in [1.82, 2.24) is 10.2 Å². The zero-order chi connectivity index (χ0) is 18.9. The number of hydrogen-bond donors (Lipinski definition) is 2. The van der Waals surface area contributed by atoms with Crippen molar-refractivity contribution in [2.75, 3.05) is 26.0 Å². The molecule has 0 aromatic heterocycles. The lowest BCUT2D eigenvalue weighted by Crippen LogP contribution is -2.52. The van der Waals surface area contributed by atoms with Gasteiger partial charge in [0.1, 0.15) is 5.92 Å². The van der Waals surface area contributed by atoms with Crippen LogP contribution in [0, 0.1) is 11.8 Å². The monoisotopic (exact) mass is 396 g/mol. The van der Waals surface area contributed by atoms with Crippen LogP contribution < -0.4 is 5.32 Å². The Morgan fingerprint density at radius 1 is 1.35 bits per heavy atom. The minimum atomic E-state index is -4.45. The van der Waals surface area contributed by atoms with Crippen LogP contribution in [0.5, 0.6) is 0 Å². The number of aliphatic hydroxyl groups excluding tert-OH is 1. The molecule has 3 fully saturated rings. The van der Waals surface area contributed by atoms with Gasteiger partial charge in [0.15, 0.2) is 0 Å². The maximum absolute atomic E-state index is 13.0. The van der Waals surface area contributed by atoms with Crippen molar-refractivity contribution < 1.29 is 27.8 Å². The van der Waals surface area contributed by atoms with Gasteiger partial charge in [-0.2, -0.15) is 13.2 Å². The van der Waals surface area contributed by atoms with Crippen molar-refractivity contribution in [3.05, 3.63) is 0 Å². The van der Waals surface area contributed by atoms with Crippen molar-refractivity contribution in [2.45, 2.75) is 61.9 Å². The number of hydrogen-bond acceptors (Lipinski definition) is 5. The van der Waals surface area contributed by atoms with Gasteiger partial charge in [0.05, 0.1) is 17.6 Å². The molecule has 3 aliphatic rings. The number of thioether (sulfide) groups is 1. The normalized spacial score (nSPS) is 39.4. The number of ether oxygens (including phenoxy) is 1. The van der Waals surface area contributed by atoms with Crippen LogP contribution in [0.2, 0.25) is 0 Å². The lowest BCUT2D eigenvalue weighted by molar-refractivity contribution is -0.195. The average molecular weight is 396 g/mol. The van der Waals surface area contributed by atoms with Crippen LogP contribution in [0.25, 0.3) is 0 Å². The Balaban J connectivity index is 1.52. The summed E-state index contributed by atoms with van der Waals surface area (Å²) in [7, 11) is 1.60. The molecule has 2 aliphatic heterocycles. The molecule has 6 unspecified atom stereocenters.